The van der Waals surface area contributed by atoms with E-state index in [-0.39, 0.29) is 11.7 Å². The number of imidazole rings is 1. The second-order valence-electron chi connectivity index (χ2n) is 4.30. The molecule has 3 rings (SSSR count). The molecule has 0 radical (unpaired) electrons. The van der Waals surface area contributed by atoms with Gasteiger partial charge in [0.2, 0.25) is 0 Å². The van der Waals surface area contributed by atoms with E-state index in [0.29, 0.717) is 11.2 Å². The Morgan fingerprint density at radius 2 is 2.18 bits per heavy atom. The molecule has 3 heterocycles. The average Bonchev–Trinajstić information content (AvgIpc) is 2.65. The van der Waals surface area contributed by atoms with Crippen LogP contribution in [0.2, 0.25) is 0 Å². The van der Waals surface area contributed by atoms with E-state index < -0.39 is 5.82 Å². The third-order valence-electron chi connectivity index (χ3n) is 3.21. The van der Waals surface area contributed by atoms with Crippen molar-refractivity contribution in [3.63, 3.8) is 0 Å². The molecule has 17 heavy (non-hydrogen) atoms. The van der Waals surface area contributed by atoms with Crippen LogP contribution in [-0.4, -0.2) is 27.6 Å². The molecule has 1 aliphatic heterocycles. The first-order valence-electron chi connectivity index (χ1n) is 5.72. The van der Waals surface area contributed by atoms with Crippen LogP contribution in [0, 0.1) is 5.82 Å². The molecule has 2 aromatic heterocycles. The predicted octanol–water partition coefficient (Wildman–Crippen LogP) is 0.788. The summed E-state index contributed by atoms with van der Waals surface area (Å²) >= 11 is 0. The molecule has 2 aromatic rings. The molecule has 0 atom stereocenters. The Morgan fingerprint density at radius 3 is 2.94 bits per heavy atom. The zero-order chi connectivity index (χ0) is 11.8. The number of halogens is 1. The molecule has 0 spiro atoms. The van der Waals surface area contributed by atoms with Crippen molar-refractivity contribution in [2.45, 2.75) is 18.9 Å². The molecule has 0 aliphatic carbocycles. The fraction of sp³-hybridized carbons (Fsp3) is 0.455. The monoisotopic (exact) mass is 236 g/mol. The fourth-order valence-corrected chi connectivity index (χ4v) is 2.41. The minimum atomic E-state index is -0.417. The Hall–Kier alpha value is -1.69. The van der Waals surface area contributed by atoms with Crippen molar-refractivity contribution in [2.75, 3.05) is 13.1 Å². The SMILES string of the molecule is O=c1[nH]c2ncc(F)cc2n1C1CCNCC1. The third kappa shape index (κ3) is 1.74. The molecule has 0 aromatic carbocycles. The van der Waals surface area contributed by atoms with Gasteiger partial charge in [-0.3, -0.25) is 9.55 Å². The Labute approximate surface area is 96.7 Å². The minimum absolute atomic E-state index is 0.126. The number of nitrogens with zero attached hydrogens (tertiary/aromatic N) is 2. The maximum absolute atomic E-state index is 13.2. The first-order valence-corrected chi connectivity index (χ1v) is 5.72. The number of piperidine rings is 1. The van der Waals surface area contributed by atoms with Crippen molar-refractivity contribution in [3.05, 3.63) is 28.6 Å². The lowest BCUT2D eigenvalue weighted by Crippen LogP contribution is -2.33. The van der Waals surface area contributed by atoms with E-state index in [4.69, 9.17) is 0 Å². The van der Waals surface area contributed by atoms with E-state index >= 15 is 0 Å². The van der Waals surface area contributed by atoms with E-state index in [9.17, 15) is 9.18 Å². The summed E-state index contributed by atoms with van der Waals surface area (Å²) in [5.74, 6) is -0.417. The van der Waals surface area contributed by atoms with Crippen LogP contribution in [0.1, 0.15) is 18.9 Å². The van der Waals surface area contributed by atoms with Crippen molar-refractivity contribution in [2.24, 2.45) is 0 Å². The molecule has 0 saturated carbocycles. The fourth-order valence-electron chi connectivity index (χ4n) is 2.41. The van der Waals surface area contributed by atoms with Gasteiger partial charge in [-0.1, -0.05) is 0 Å². The van der Waals surface area contributed by atoms with Crippen LogP contribution in [0.25, 0.3) is 11.2 Å². The second kappa shape index (κ2) is 3.96. The van der Waals surface area contributed by atoms with Gasteiger partial charge < -0.3 is 5.32 Å². The van der Waals surface area contributed by atoms with E-state index in [1.54, 1.807) is 4.57 Å². The largest absolute Gasteiger partial charge is 0.327 e. The van der Waals surface area contributed by atoms with Gasteiger partial charge in [0.15, 0.2) is 5.65 Å². The molecule has 0 amide bonds. The molecule has 1 saturated heterocycles. The molecular weight excluding hydrogens is 223 g/mol. The number of fused-ring (bicyclic) bond motifs is 1. The number of aromatic amines is 1. The number of nitrogens with one attached hydrogen (secondary N) is 2. The van der Waals surface area contributed by atoms with Crippen LogP contribution >= 0.6 is 0 Å². The summed E-state index contributed by atoms with van der Waals surface area (Å²) in [7, 11) is 0. The van der Waals surface area contributed by atoms with Gasteiger partial charge in [0.1, 0.15) is 5.82 Å². The Bertz CT molecular complexity index is 597. The van der Waals surface area contributed by atoms with Gasteiger partial charge in [-0.2, -0.15) is 0 Å². The summed E-state index contributed by atoms with van der Waals surface area (Å²) in [5, 5.41) is 3.24. The highest BCUT2D eigenvalue weighted by Crippen LogP contribution is 2.21. The van der Waals surface area contributed by atoms with Gasteiger partial charge in [-0.05, 0) is 25.9 Å². The molecule has 6 heteroatoms. The second-order valence-corrected chi connectivity index (χ2v) is 4.30. The molecule has 0 unspecified atom stereocenters. The maximum Gasteiger partial charge on any atom is 0.327 e. The van der Waals surface area contributed by atoms with Crippen LogP contribution in [0.4, 0.5) is 4.39 Å². The zero-order valence-electron chi connectivity index (χ0n) is 9.24. The highest BCUT2D eigenvalue weighted by atomic mass is 19.1. The van der Waals surface area contributed by atoms with Gasteiger partial charge in [-0.25, -0.2) is 14.2 Å². The summed E-state index contributed by atoms with van der Waals surface area (Å²) in [6, 6.07) is 1.49. The van der Waals surface area contributed by atoms with Crippen molar-refractivity contribution in [1.29, 1.82) is 0 Å². The smallest absolute Gasteiger partial charge is 0.317 e. The Balaban J connectivity index is 2.16. The Kier molecular flexibility index (Phi) is 2.44. The number of aromatic nitrogens is 3. The van der Waals surface area contributed by atoms with Gasteiger partial charge >= 0.3 is 5.69 Å². The van der Waals surface area contributed by atoms with Gasteiger partial charge in [0.25, 0.3) is 0 Å². The van der Waals surface area contributed by atoms with Crippen LogP contribution in [0.15, 0.2) is 17.1 Å². The topological polar surface area (TPSA) is 62.7 Å². The van der Waals surface area contributed by atoms with Gasteiger partial charge in [0, 0.05) is 12.1 Å². The van der Waals surface area contributed by atoms with Crippen LogP contribution < -0.4 is 11.0 Å². The Morgan fingerprint density at radius 1 is 1.41 bits per heavy atom. The van der Waals surface area contributed by atoms with Crippen LogP contribution in [-0.2, 0) is 0 Å². The summed E-state index contributed by atoms with van der Waals surface area (Å²) in [6.07, 6.45) is 2.87. The zero-order valence-corrected chi connectivity index (χ0v) is 9.24. The number of pyridine rings is 1. The predicted molar refractivity (Wildman–Crippen MR) is 61.5 cm³/mol. The number of hydrogen-bond acceptors (Lipinski definition) is 3. The van der Waals surface area contributed by atoms with E-state index in [1.807, 2.05) is 0 Å². The molecule has 0 bridgehead atoms. The van der Waals surface area contributed by atoms with E-state index in [2.05, 4.69) is 15.3 Å². The number of H-pyrrole nitrogens is 1. The number of hydrogen-bond donors (Lipinski definition) is 2. The molecule has 1 fully saturated rings. The van der Waals surface area contributed by atoms with E-state index in [1.165, 1.54) is 6.07 Å². The van der Waals surface area contributed by atoms with Crippen molar-refractivity contribution >= 4 is 11.2 Å². The molecule has 2 N–H and O–H groups in total. The quantitative estimate of drug-likeness (QED) is 0.769. The van der Waals surface area contributed by atoms with Crippen LogP contribution in [0.5, 0.6) is 0 Å². The maximum atomic E-state index is 13.2. The highest BCUT2D eigenvalue weighted by Gasteiger charge is 2.20. The molecule has 5 nitrogen and oxygen atoms in total. The lowest BCUT2D eigenvalue weighted by atomic mass is 10.1. The highest BCUT2D eigenvalue weighted by molar-refractivity contribution is 5.70. The number of rotatable bonds is 1. The summed E-state index contributed by atoms with van der Waals surface area (Å²) in [4.78, 5) is 18.4. The van der Waals surface area contributed by atoms with Gasteiger partial charge in [0.05, 0.1) is 11.7 Å². The molecule has 90 valence electrons. The van der Waals surface area contributed by atoms with Crippen molar-refractivity contribution < 1.29 is 4.39 Å². The lowest BCUT2D eigenvalue weighted by molar-refractivity contribution is 0.368. The first kappa shape index (κ1) is 10.5. The average molecular weight is 236 g/mol. The molecular formula is C11H13FN4O. The summed E-state index contributed by atoms with van der Waals surface area (Å²) < 4.78 is 14.8. The lowest BCUT2D eigenvalue weighted by Gasteiger charge is -2.23. The van der Waals surface area contributed by atoms with Crippen molar-refractivity contribution in [3.8, 4) is 0 Å². The van der Waals surface area contributed by atoms with Gasteiger partial charge in [-0.15, -0.1) is 0 Å². The minimum Gasteiger partial charge on any atom is -0.317 e. The van der Waals surface area contributed by atoms with Crippen molar-refractivity contribution in [1.82, 2.24) is 19.9 Å². The van der Waals surface area contributed by atoms with E-state index in [0.717, 1.165) is 32.1 Å². The first-order chi connectivity index (χ1) is 8.25. The van der Waals surface area contributed by atoms with Crippen LogP contribution in [0.3, 0.4) is 0 Å². The third-order valence-corrected chi connectivity index (χ3v) is 3.21. The standard InChI is InChI=1S/C11H13FN4O/c12-7-5-9-10(14-6-7)15-11(17)16(9)8-1-3-13-4-2-8/h5-6,8,13H,1-4H2,(H,14,15,17). The normalized spacial score (nSPS) is 17.7. The summed E-state index contributed by atoms with van der Waals surface area (Å²) in [6.45, 7) is 1.76. The summed E-state index contributed by atoms with van der Waals surface area (Å²) in [5.41, 5.74) is 0.807. The molecule has 1 aliphatic rings.